The van der Waals surface area contributed by atoms with Crippen molar-refractivity contribution in [3.63, 3.8) is 0 Å². The van der Waals surface area contributed by atoms with Gasteiger partial charge in [-0.15, -0.1) is 0 Å². The molecule has 0 fully saturated rings. The lowest BCUT2D eigenvalue weighted by Gasteiger charge is -2.30. The highest BCUT2D eigenvalue weighted by atomic mass is 127. The summed E-state index contributed by atoms with van der Waals surface area (Å²) in [5.74, 6) is -0.380. The van der Waals surface area contributed by atoms with Gasteiger partial charge in [-0.05, 0) is 88.0 Å². The molecule has 1 unspecified atom stereocenters. The molecule has 6 rings (SSSR count). The number of hydrogen-bond donors (Lipinski definition) is 0. The predicted molar refractivity (Wildman–Crippen MR) is 150 cm³/mol. The third kappa shape index (κ3) is 3.96. The van der Waals surface area contributed by atoms with E-state index in [0.29, 0.717) is 14.9 Å². The number of methoxy groups -OCH3 is 1. The van der Waals surface area contributed by atoms with E-state index in [9.17, 15) is 9.59 Å². The van der Waals surface area contributed by atoms with Gasteiger partial charge in [0.25, 0.3) is 5.56 Å². The van der Waals surface area contributed by atoms with Crippen molar-refractivity contribution in [3.05, 3.63) is 129 Å². The second kappa shape index (κ2) is 9.29. The van der Waals surface area contributed by atoms with Crippen LogP contribution in [0.2, 0.25) is 0 Å². The highest BCUT2D eigenvalue weighted by Gasteiger charge is 2.32. The molecule has 3 aromatic carbocycles. The van der Waals surface area contributed by atoms with Crippen LogP contribution < -0.4 is 14.9 Å². The maximum Gasteiger partial charge on any atom is 0.337 e. The number of nitrogens with zero attached hydrogens (tertiary/aromatic N) is 2. The maximum absolute atomic E-state index is 13.8. The van der Waals surface area contributed by atoms with Crippen LogP contribution in [0.1, 0.15) is 45.1 Å². The molecule has 7 heteroatoms. The second-order valence-electron chi connectivity index (χ2n) is 8.78. The number of halogens is 1. The Morgan fingerprint density at radius 3 is 2.56 bits per heavy atom. The molecule has 0 saturated carbocycles. The number of hydrogen-bond acceptors (Lipinski definition) is 5. The van der Waals surface area contributed by atoms with Crippen molar-refractivity contribution in [2.75, 3.05) is 7.11 Å². The van der Waals surface area contributed by atoms with E-state index in [-0.39, 0.29) is 17.6 Å². The fourth-order valence-corrected chi connectivity index (χ4v) is 6.31. The van der Waals surface area contributed by atoms with Crippen LogP contribution >= 0.6 is 33.9 Å². The monoisotopic (exact) mass is 604 g/mol. The summed E-state index contributed by atoms with van der Waals surface area (Å²) in [7, 11) is 1.37. The normalized spacial score (nSPS) is 16.6. The number of allylic oxidation sites excluding steroid dienone is 1. The summed E-state index contributed by atoms with van der Waals surface area (Å²) in [4.78, 5) is 31.5. The van der Waals surface area contributed by atoms with Crippen molar-refractivity contribution >= 4 is 51.7 Å². The number of carbonyl (C=O) groups excluding carboxylic acids is 1. The predicted octanol–water partition coefficient (Wildman–Crippen LogP) is 4.71. The first-order valence-electron chi connectivity index (χ1n) is 11.6. The number of esters is 1. The number of carbonyl (C=O) groups is 1. The molecule has 4 aromatic rings. The number of aryl methyl sites for hydroxylation is 1. The minimum atomic E-state index is -0.380. The molecule has 0 radical (unpaired) electrons. The largest absolute Gasteiger partial charge is 0.465 e. The van der Waals surface area contributed by atoms with Gasteiger partial charge in [0, 0.05) is 9.13 Å². The summed E-state index contributed by atoms with van der Waals surface area (Å²) in [5, 5.41) is 0. The van der Waals surface area contributed by atoms with Gasteiger partial charge in [0.1, 0.15) is 0 Å². The first-order chi connectivity index (χ1) is 17.5. The Balaban J connectivity index is 1.58. The molecule has 1 aliphatic carbocycles. The molecule has 5 nitrogen and oxygen atoms in total. The second-order valence-corrected chi connectivity index (χ2v) is 11.0. The van der Waals surface area contributed by atoms with Crippen LogP contribution in [0.25, 0.3) is 11.8 Å². The van der Waals surface area contributed by atoms with Crippen molar-refractivity contribution in [1.82, 2.24) is 4.57 Å². The van der Waals surface area contributed by atoms with Crippen LogP contribution in [0.15, 0.2) is 88.2 Å². The van der Waals surface area contributed by atoms with Gasteiger partial charge in [0.2, 0.25) is 0 Å². The average molecular weight is 604 g/mol. The molecule has 1 aromatic heterocycles. The van der Waals surface area contributed by atoms with E-state index in [1.807, 2.05) is 53.1 Å². The Bertz CT molecular complexity index is 1710. The van der Waals surface area contributed by atoms with Gasteiger partial charge in [-0.2, -0.15) is 0 Å². The number of fused-ring (bicyclic) bond motifs is 3. The first kappa shape index (κ1) is 23.1. The lowest BCUT2D eigenvalue weighted by atomic mass is 9.83. The zero-order chi connectivity index (χ0) is 24.8. The molecular weight excluding hydrogens is 583 g/mol. The van der Waals surface area contributed by atoms with E-state index in [0.717, 1.165) is 44.4 Å². The van der Waals surface area contributed by atoms with Gasteiger partial charge in [0.05, 0.1) is 28.9 Å². The van der Waals surface area contributed by atoms with Crippen molar-refractivity contribution in [1.29, 1.82) is 0 Å². The Labute approximate surface area is 225 Å². The number of ether oxygens (including phenoxy) is 1. The quantitative estimate of drug-likeness (QED) is 0.252. The fourth-order valence-electron chi connectivity index (χ4n) is 4.95. The molecule has 0 amide bonds. The molecule has 2 heterocycles. The van der Waals surface area contributed by atoms with E-state index >= 15 is 0 Å². The van der Waals surface area contributed by atoms with E-state index in [2.05, 4.69) is 40.8 Å². The lowest BCUT2D eigenvalue weighted by molar-refractivity contribution is 0.0600. The topological polar surface area (TPSA) is 60.7 Å². The van der Waals surface area contributed by atoms with Gasteiger partial charge >= 0.3 is 5.97 Å². The van der Waals surface area contributed by atoms with E-state index < -0.39 is 0 Å². The summed E-state index contributed by atoms with van der Waals surface area (Å²) < 4.78 is 8.49. The number of benzene rings is 3. The maximum atomic E-state index is 13.8. The average Bonchev–Trinajstić information content (AvgIpc) is 3.22. The van der Waals surface area contributed by atoms with Crippen LogP contribution in [0, 0.1) is 3.57 Å². The van der Waals surface area contributed by atoms with Crippen LogP contribution in [0.3, 0.4) is 0 Å². The summed E-state index contributed by atoms with van der Waals surface area (Å²) in [6, 6.07) is 23.6. The molecule has 178 valence electrons. The third-order valence-electron chi connectivity index (χ3n) is 6.69. The van der Waals surface area contributed by atoms with Crippen LogP contribution in [-0.2, 0) is 11.2 Å². The number of rotatable bonds is 3. The molecule has 0 spiro atoms. The lowest BCUT2D eigenvalue weighted by Crippen LogP contribution is -2.38. The van der Waals surface area contributed by atoms with E-state index in [4.69, 9.17) is 9.73 Å². The molecule has 0 N–H and O–H groups in total. The summed E-state index contributed by atoms with van der Waals surface area (Å²) in [5.41, 5.74) is 6.86. The standard InChI is InChI=1S/C29H21IN2O3S/c1-35-28(34)20-10-8-19(9-11-20)26-23-15-12-18-4-2-3-5-22(18)25(23)31-29-32(26)27(33)24(36-29)16-17-6-13-21(30)14-7-17/h2-11,13-14,16,26H,12,15H2,1H3. The molecule has 1 atom stereocenters. The van der Waals surface area contributed by atoms with Crippen LogP contribution in [-0.4, -0.2) is 17.6 Å². The molecule has 1 aliphatic heterocycles. The molecule has 0 bridgehead atoms. The van der Waals surface area contributed by atoms with Gasteiger partial charge in [-0.25, -0.2) is 9.79 Å². The van der Waals surface area contributed by atoms with Crippen molar-refractivity contribution in [3.8, 4) is 0 Å². The van der Waals surface area contributed by atoms with Crippen molar-refractivity contribution in [2.45, 2.75) is 18.9 Å². The zero-order valence-electron chi connectivity index (χ0n) is 19.4. The highest BCUT2D eigenvalue weighted by Crippen LogP contribution is 2.41. The Morgan fingerprint density at radius 2 is 1.81 bits per heavy atom. The zero-order valence-corrected chi connectivity index (χ0v) is 22.4. The van der Waals surface area contributed by atoms with Gasteiger partial charge in [-0.1, -0.05) is 59.9 Å². The van der Waals surface area contributed by atoms with E-state index in [1.54, 1.807) is 12.1 Å². The minimum Gasteiger partial charge on any atom is -0.465 e. The highest BCUT2D eigenvalue weighted by molar-refractivity contribution is 14.1. The molecule has 36 heavy (non-hydrogen) atoms. The summed E-state index contributed by atoms with van der Waals surface area (Å²) in [6.07, 6.45) is 3.66. The van der Waals surface area contributed by atoms with E-state index in [1.165, 1.54) is 24.0 Å². The third-order valence-corrected chi connectivity index (χ3v) is 8.39. The molecule has 0 saturated heterocycles. The Morgan fingerprint density at radius 1 is 1.06 bits per heavy atom. The Hall–Kier alpha value is -3.30. The van der Waals surface area contributed by atoms with Crippen molar-refractivity contribution in [2.24, 2.45) is 4.99 Å². The van der Waals surface area contributed by atoms with Crippen LogP contribution in [0.4, 0.5) is 0 Å². The summed E-state index contributed by atoms with van der Waals surface area (Å²) >= 11 is 3.69. The first-order valence-corrected chi connectivity index (χ1v) is 13.5. The van der Waals surface area contributed by atoms with Gasteiger partial charge in [0.15, 0.2) is 4.80 Å². The number of thiazole rings is 1. The number of aromatic nitrogens is 1. The Kier molecular flexibility index (Phi) is 5.97. The smallest absolute Gasteiger partial charge is 0.337 e. The SMILES string of the molecule is COC(=O)c1ccc(C2C3=C(N=c4sc(=Cc5ccc(I)cc5)c(=O)n42)c2ccccc2CC3)cc1. The van der Waals surface area contributed by atoms with Crippen molar-refractivity contribution < 1.29 is 9.53 Å². The molecular formula is C29H21IN2O3S. The van der Waals surface area contributed by atoms with Gasteiger partial charge < -0.3 is 4.74 Å². The van der Waals surface area contributed by atoms with Crippen LogP contribution in [0.5, 0.6) is 0 Å². The molecule has 2 aliphatic rings. The minimum absolute atomic E-state index is 0.0512. The fraction of sp³-hybridized carbons (Fsp3) is 0.138. The van der Waals surface area contributed by atoms with Gasteiger partial charge in [-0.3, -0.25) is 9.36 Å². The summed E-state index contributed by atoms with van der Waals surface area (Å²) in [6.45, 7) is 0.